The molecule has 11 heteroatoms. The molecular weight excluding hydrogens is 465 g/mol. The highest BCUT2D eigenvalue weighted by molar-refractivity contribution is 5.92. The van der Waals surface area contributed by atoms with Crippen molar-refractivity contribution in [3.63, 3.8) is 0 Å². The Morgan fingerprint density at radius 1 is 1.23 bits per heavy atom. The van der Waals surface area contributed by atoms with E-state index < -0.39 is 28.6 Å². The predicted octanol–water partition coefficient (Wildman–Crippen LogP) is 6.06. The van der Waals surface area contributed by atoms with Gasteiger partial charge in [0.2, 0.25) is 5.91 Å². The SMILES string of the molecule is Cc1cccc(Oc2cc(NC(=O)C(C)Cn3nc(C(F)(F)F)cc3C3CC3)cc([N+](=O)[O-])c2)c1. The second-order valence-electron chi connectivity index (χ2n) is 8.69. The minimum absolute atomic E-state index is 0.00645. The Kier molecular flexibility index (Phi) is 6.51. The maximum absolute atomic E-state index is 13.1. The summed E-state index contributed by atoms with van der Waals surface area (Å²) in [6.07, 6.45) is -3.01. The number of hydrogen-bond donors (Lipinski definition) is 1. The molecule has 0 saturated heterocycles. The van der Waals surface area contributed by atoms with Crippen LogP contribution in [-0.2, 0) is 17.5 Å². The molecule has 1 amide bonds. The third-order valence-electron chi connectivity index (χ3n) is 5.59. The van der Waals surface area contributed by atoms with Gasteiger partial charge in [-0.05, 0) is 43.5 Å². The largest absolute Gasteiger partial charge is 0.457 e. The maximum atomic E-state index is 13.1. The normalized spacial score (nSPS) is 14.4. The van der Waals surface area contributed by atoms with Crippen LogP contribution >= 0.6 is 0 Å². The van der Waals surface area contributed by atoms with Gasteiger partial charge < -0.3 is 10.1 Å². The summed E-state index contributed by atoms with van der Waals surface area (Å²) in [6, 6.07) is 12.0. The van der Waals surface area contributed by atoms with Gasteiger partial charge in [0.05, 0.1) is 29.1 Å². The van der Waals surface area contributed by atoms with Gasteiger partial charge in [0.25, 0.3) is 5.69 Å². The second kappa shape index (κ2) is 9.40. The van der Waals surface area contributed by atoms with Gasteiger partial charge >= 0.3 is 6.18 Å². The lowest BCUT2D eigenvalue weighted by Gasteiger charge is -2.15. The number of non-ortho nitro benzene ring substituents is 1. The number of rotatable bonds is 8. The van der Waals surface area contributed by atoms with E-state index in [0.29, 0.717) is 11.4 Å². The number of nitro groups is 1. The van der Waals surface area contributed by atoms with Crippen LogP contribution in [-0.4, -0.2) is 20.6 Å². The van der Waals surface area contributed by atoms with E-state index in [-0.39, 0.29) is 29.6 Å². The molecular formula is C24H23F3N4O4. The average molecular weight is 488 g/mol. The van der Waals surface area contributed by atoms with Crippen LogP contribution in [0.5, 0.6) is 11.5 Å². The lowest BCUT2D eigenvalue weighted by Crippen LogP contribution is -2.25. The Bertz CT molecular complexity index is 1270. The molecule has 2 aromatic carbocycles. The topological polar surface area (TPSA) is 99.3 Å². The van der Waals surface area contributed by atoms with Crippen molar-refractivity contribution in [1.82, 2.24) is 9.78 Å². The Morgan fingerprint density at radius 3 is 2.60 bits per heavy atom. The van der Waals surface area contributed by atoms with Gasteiger partial charge in [0.1, 0.15) is 11.5 Å². The third-order valence-corrected chi connectivity index (χ3v) is 5.59. The van der Waals surface area contributed by atoms with E-state index in [1.165, 1.54) is 22.9 Å². The zero-order valence-electron chi connectivity index (χ0n) is 19.0. The van der Waals surface area contributed by atoms with Crippen LogP contribution in [0.1, 0.15) is 42.6 Å². The minimum Gasteiger partial charge on any atom is -0.457 e. The summed E-state index contributed by atoms with van der Waals surface area (Å²) in [7, 11) is 0. The Labute approximate surface area is 198 Å². The van der Waals surface area contributed by atoms with E-state index in [0.717, 1.165) is 24.5 Å². The van der Waals surface area contributed by atoms with Gasteiger partial charge in [-0.2, -0.15) is 18.3 Å². The molecule has 1 aliphatic carbocycles. The van der Waals surface area contributed by atoms with Crippen LogP contribution in [0.2, 0.25) is 0 Å². The lowest BCUT2D eigenvalue weighted by atomic mass is 10.1. The molecule has 1 saturated carbocycles. The van der Waals surface area contributed by atoms with Crippen molar-refractivity contribution in [1.29, 1.82) is 0 Å². The van der Waals surface area contributed by atoms with Gasteiger partial charge in [-0.3, -0.25) is 19.6 Å². The summed E-state index contributed by atoms with van der Waals surface area (Å²) in [5, 5.41) is 17.7. The molecule has 0 bridgehead atoms. The number of anilines is 1. The number of aryl methyl sites for hydroxylation is 1. The fourth-order valence-corrected chi connectivity index (χ4v) is 3.67. The second-order valence-corrected chi connectivity index (χ2v) is 8.69. The number of hydrogen-bond acceptors (Lipinski definition) is 5. The molecule has 35 heavy (non-hydrogen) atoms. The molecule has 3 aromatic rings. The molecule has 1 N–H and O–H groups in total. The zero-order chi connectivity index (χ0) is 25.3. The van der Waals surface area contributed by atoms with Crippen molar-refractivity contribution in [2.24, 2.45) is 5.92 Å². The monoisotopic (exact) mass is 488 g/mol. The van der Waals surface area contributed by atoms with E-state index in [4.69, 9.17) is 4.74 Å². The van der Waals surface area contributed by atoms with Gasteiger partial charge in [-0.15, -0.1) is 0 Å². The number of ether oxygens (including phenoxy) is 1. The summed E-state index contributed by atoms with van der Waals surface area (Å²) < 4.78 is 46.4. The van der Waals surface area contributed by atoms with Crippen molar-refractivity contribution in [3.05, 3.63) is 75.6 Å². The first-order valence-electron chi connectivity index (χ1n) is 11.0. The van der Waals surface area contributed by atoms with Crippen LogP contribution in [0.4, 0.5) is 24.5 Å². The molecule has 4 rings (SSSR count). The summed E-state index contributed by atoms with van der Waals surface area (Å²) in [5.41, 5.74) is 0.270. The first kappa shape index (κ1) is 24.2. The number of carbonyl (C=O) groups excluding carboxylic acids is 1. The van der Waals surface area contributed by atoms with Gasteiger partial charge in [0.15, 0.2) is 5.69 Å². The summed E-state index contributed by atoms with van der Waals surface area (Å²) in [5.74, 6) is -0.632. The smallest absolute Gasteiger partial charge is 0.435 e. The van der Waals surface area contributed by atoms with Crippen molar-refractivity contribution >= 4 is 17.3 Å². The van der Waals surface area contributed by atoms with Crippen molar-refractivity contribution < 1.29 is 27.6 Å². The number of halogens is 3. The van der Waals surface area contributed by atoms with E-state index in [1.807, 2.05) is 13.0 Å². The molecule has 1 unspecified atom stereocenters. The number of nitrogens with one attached hydrogen (secondary N) is 1. The standard InChI is InChI=1S/C24H23F3N4O4/c1-14-4-3-5-19(8-14)35-20-10-17(9-18(11-20)31(33)34)28-23(32)15(2)13-30-21(16-6-7-16)12-22(29-30)24(25,26)27/h3-5,8-12,15-16H,6-7,13H2,1-2H3,(H,28,32). The Morgan fingerprint density at radius 2 is 1.97 bits per heavy atom. The summed E-state index contributed by atoms with van der Waals surface area (Å²) in [6.45, 7) is 3.37. The number of amides is 1. The van der Waals surface area contributed by atoms with Crippen LogP contribution in [0.25, 0.3) is 0 Å². The highest BCUT2D eigenvalue weighted by Gasteiger charge is 2.38. The lowest BCUT2D eigenvalue weighted by molar-refractivity contribution is -0.384. The molecule has 1 atom stereocenters. The molecule has 1 fully saturated rings. The van der Waals surface area contributed by atoms with Crippen molar-refractivity contribution in [3.8, 4) is 11.5 Å². The van der Waals surface area contributed by atoms with Crippen LogP contribution in [0.15, 0.2) is 48.5 Å². The Hall–Kier alpha value is -3.89. The fraction of sp³-hybridized carbons (Fsp3) is 0.333. The third kappa shape index (κ3) is 5.97. The van der Waals surface area contributed by atoms with Crippen molar-refractivity contribution in [2.75, 3.05) is 5.32 Å². The number of nitrogens with zero attached hydrogens (tertiary/aromatic N) is 3. The molecule has 1 aliphatic rings. The number of aromatic nitrogens is 2. The molecule has 0 spiro atoms. The number of nitro benzene ring substituents is 1. The molecule has 184 valence electrons. The molecule has 0 radical (unpaired) electrons. The maximum Gasteiger partial charge on any atom is 0.435 e. The average Bonchev–Trinajstić information content (AvgIpc) is 3.52. The first-order chi connectivity index (χ1) is 16.5. The fourth-order valence-electron chi connectivity index (χ4n) is 3.67. The van der Waals surface area contributed by atoms with E-state index >= 15 is 0 Å². The summed E-state index contributed by atoms with van der Waals surface area (Å²) in [4.78, 5) is 23.6. The zero-order valence-corrected chi connectivity index (χ0v) is 19.0. The van der Waals surface area contributed by atoms with Gasteiger partial charge in [-0.25, -0.2) is 0 Å². The highest BCUT2D eigenvalue weighted by Crippen LogP contribution is 2.42. The molecule has 1 heterocycles. The minimum atomic E-state index is -4.57. The molecule has 1 aromatic heterocycles. The quantitative estimate of drug-likeness (QED) is 0.307. The molecule has 8 nitrogen and oxygen atoms in total. The van der Waals surface area contributed by atoms with Gasteiger partial charge in [0, 0.05) is 23.7 Å². The number of alkyl halides is 3. The number of carbonyl (C=O) groups is 1. The van der Waals surface area contributed by atoms with Crippen molar-refractivity contribution in [2.45, 2.75) is 45.3 Å². The van der Waals surface area contributed by atoms with Crippen LogP contribution in [0.3, 0.4) is 0 Å². The Balaban J connectivity index is 1.51. The van der Waals surface area contributed by atoms with Crippen LogP contribution in [0, 0.1) is 23.0 Å². The van der Waals surface area contributed by atoms with E-state index in [2.05, 4.69) is 10.4 Å². The predicted molar refractivity (Wildman–Crippen MR) is 121 cm³/mol. The number of benzene rings is 2. The van der Waals surface area contributed by atoms with Crippen LogP contribution < -0.4 is 10.1 Å². The summed E-state index contributed by atoms with van der Waals surface area (Å²) >= 11 is 0. The van der Waals surface area contributed by atoms with E-state index in [9.17, 15) is 28.1 Å². The van der Waals surface area contributed by atoms with Gasteiger partial charge in [-0.1, -0.05) is 19.1 Å². The first-order valence-corrected chi connectivity index (χ1v) is 11.0. The van der Waals surface area contributed by atoms with E-state index in [1.54, 1.807) is 25.1 Å². The highest BCUT2D eigenvalue weighted by atomic mass is 19.4. The molecule has 0 aliphatic heterocycles.